The van der Waals surface area contributed by atoms with Crippen molar-refractivity contribution in [1.82, 2.24) is 15.3 Å². The molecule has 0 saturated carbocycles. The molecule has 0 bridgehead atoms. The van der Waals surface area contributed by atoms with Gasteiger partial charge in [-0.05, 0) is 37.0 Å². The zero-order chi connectivity index (χ0) is 28.4. The summed E-state index contributed by atoms with van der Waals surface area (Å²) in [6, 6.07) is 14.7. The van der Waals surface area contributed by atoms with Gasteiger partial charge in [-0.3, -0.25) is 14.4 Å². The van der Waals surface area contributed by atoms with Crippen LogP contribution in [0.2, 0.25) is 0 Å². The highest BCUT2D eigenvalue weighted by molar-refractivity contribution is 6.04. The highest BCUT2D eigenvalue weighted by atomic mass is 16.6. The molecule has 1 heterocycles. The second-order valence-corrected chi connectivity index (χ2v) is 9.92. The number of benzene rings is 2. The van der Waals surface area contributed by atoms with Gasteiger partial charge in [-0.1, -0.05) is 56.3 Å². The summed E-state index contributed by atoms with van der Waals surface area (Å²) in [5.41, 5.74) is 4.68. The van der Waals surface area contributed by atoms with Gasteiger partial charge in [-0.25, -0.2) is 4.79 Å². The Hall–Kier alpha value is -3.63. The summed E-state index contributed by atoms with van der Waals surface area (Å²) in [5, 5.41) is 10.1. The summed E-state index contributed by atoms with van der Waals surface area (Å²) in [5.74, 6) is -1.55. The molecule has 0 aromatic heterocycles. The summed E-state index contributed by atoms with van der Waals surface area (Å²) in [6.45, 7) is 7.63. The van der Waals surface area contributed by atoms with E-state index in [1.54, 1.807) is 14.0 Å². The van der Waals surface area contributed by atoms with Crippen LogP contribution in [0, 0.1) is 5.92 Å². The summed E-state index contributed by atoms with van der Waals surface area (Å²) in [7, 11) is 1.61. The number of carboxylic acid groups (broad SMARTS) is 1. The number of likely N-dealkylation sites (N-methyl/N-ethyl adjacent to an activating group) is 1. The van der Waals surface area contributed by atoms with E-state index in [4.69, 9.17) is 9.57 Å². The van der Waals surface area contributed by atoms with E-state index in [2.05, 4.69) is 10.4 Å². The number of methoxy groups -OCH3 is 1. The fourth-order valence-electron chi connectivity index (χ4n) is 4.74. The number of rotatable bonds is 13. The smallest absolute Gasteiger partial charge is 0.336 e. The molecule has 10 heteroatoms. The molecule has 212 valence electrons. The van der Waals surface area contributed by atoms with Gasteiger partial charge in [-0.2, -0.15) is 5.48 Å². The minimum atomic E-state index is -1.62. The van der Waals surface area contributed by atoms with Crippen LogP contribution in [0.25, 0.3) is 0 Å². The number of nitrogens with one attached hydrogen (secondary N) is 1. The number of hydrogen-bond donors (Lipinski definition) is 2. The van der Waals surface area contributed by atoms with Crippen molar-refractivity contribution >= 4 is 23.5 Å². The van der Waals surface area contributed by atoms with Crippen LogP contribution in [0.4, 0.5) is 5.69 Å². The van der Waals surface area contributed by atoms with Crippen LogP contribution in [0.3, 0.4) is 0 Å². The van der Waals surface area contributed by atoms with Crippen molar-refractivity contribution in [3.05, 3.63) is 60.2 Å². The summed E-state index contributed by atoms with van der Waals surface area (Å²) >= 11 is 0. The maximum absolute atomic E-state index is 13.6. The van der Waals surface area contributed by atoms with Crippen molar-refractivity contribution in [2.24, 2.45) is 5.92 Å². The van der Waals surface area contributed by atoms with Gasteiger partial charge in [0.25, 0.3) is 5.91 Å². The van der Waals surface area contributed by atoms with Crippen molar-refractivity contribution in [3.63, 3.8) is 0 Å². The van der Waals surface area contributed by atoms with E-state index in [9.17, 15) is 19.5 Å². The lowest BCUT2D eigenvalue weighted by Crippen LogP contribution is -2.61. The summed E-state index contributed by atoms with van der Waals surface area (Å²) in [4.78, 5) is 49.9. The predicted molar refractivity (Wildman–Crippen MR) is 148 cm³/mol. The number of anilines is 1. The van der Waals surface area contributed by atoms with E-state index < -0.39 is 29.9 Å². The number of piperazine rings is 1. The molecule has 2 aromatic carbocycles. The number of para-hydroxylation sites is 2. The second kappa shape index (κ2) is 14.5. The Morgan fingerprint density at radius 2 is 1.64 bits per heavy atom. The molecular formula is C29H40N4O6. The minimum Gasteiger partial charge on any atom is -0.495 e. The van der Waals surface area contributed by atoms with Crippen LogP contribution < -0.4 is 15.1 Å². The van der Waals surface area contributed by atoms with Gasteiger partial charge >= 0.3 is 5.97 Å². The van der Waals surface area contributed by atoms with Crippen LogP contribution in [-0.2, 0) is 25.8 Å². The van der Waals surface area contributed by atoms with E-state index in [1.165, 1.54) is 4.90 Å². The van der Waals surface area contributed by atoms with Crippen LogP contribution in [0.15, 0.2) is 54.6 Å². The van der Waals surface area contributed by atoms with Gasteiger partial charge in [0, 0.05) is 32.7 Å². The van der Waals surface area contributed by atoms with Gasteiger partial charge in [-0.15, -0.1) is 0 Å². The molecule has 2 aromatic rings. The monoisotopic (exact) mass is 540 g/mol. The number of hydrogen-bond acceptors (Lipinski definition) is 7. The van der Waals surface area contributed by atoms with Gasteiger partial charge < -0.3 is 24.5 Å². The van der Waals surface area contributed by atoms with Crippen LogP contribution in [0.1, 0.15) is 32.8 Å². The average molecular weight is 541 g/mol. The number of aliphatic carboxylic acids is 1. The molecule has 0 spiro atoms. The first-order valence-electron chi connectivity index (χ1n) is 13.4. The van der Waals surface area contributed by atoms with E-state index in [-0.39, 0.29) is 19.1 Å². The first kappa shape index (κ1) is 29.9. The molecule has 1 saturated heterocycles. The normalized spacial score (nSPS) is 15.1. The summed E-state index contributed by atoms with van der Waals surface area (Å²) < 4.78 is 5.46. The third-order valence-electron chi connectivity index (χ3n) is 6.73. The number of carbonyl (C=O) groups excluding carboxylic acids is 2. The Morgan fingerprint density at radius 3 is 2.23 bits per heavy atom. The molecule has 0 radical (unpaired) electrons. The second-order valence-electron chi connectivity index (χ2n) is 9.92. The van der Waals surface area contributed by atoms with Crippen molar-refractivity contribution in [3.8, 4) is 5.75 Å². The van der Waals surface area contributed by atoms with E-state index in [0.29, 0.717) is 32.6 Å². The molecule has 1 fully saturated rings. The van der Waals surface area contributed by atoms with Crippen LogP contribution >= 0.6 is 0 Å². The predicted octanol–water partition coefficient (Wildman–Crippen LogP) is 2.78. The first-order chi connectivity index (χ1) is 18.8. The standard InChI is InChI=1S/C29H40N4O6/c1-5-33(27(34)23(19-21(2)3)30-39-20-22-11-7-6-8-12-22)26(29(36)37)28(35)32-17-15-31(16-18-32)24-13-9-10-14-25(24)38-4/h6-14,21,23,26,30H,5,15-20H2,1-4H3,(H,36,37)/t23-,26?/m0/s1. The maximum Gasteiger partial charge on any atom is 0.336 e. The number of hydroxylamine groups is 1. The molecule has 1 unspecified atom stereocenters. The van der Waals surface area contributed by atoms with Gasteiger partial charge in [0.1, 0.15) is 11.8 Å². The largest absolute Gasteiger partial charge is 0.495 e. The zero-order valence-electron chi connectivity index (χ0n) is 23.2. The highest BCUT2D eigenvalue weighted by Crippen LogP contribution is 2.28. The number of ether oxygens (including phenoxy) is 1. The Labute approximate surface area is 230 Å². The van der Waals surface area contributed by atoms with Crippen molar-refractivity contribution < 1.29 is 29.1 Å². The van der Waals surface area contributed by atoms with Gasteiger partial charge in [0.2, 0.25) is 11.9 Å². The zero-order valence-corrected chi connectivity index (χ0v) is 23.2. The highest BCUT2D eigenvalue weighted by Gasteiger charge is 2.41. The molecule has 39 heavy (non-hydrogen) atoms. The van der Waals surface area contributed by atoms with Gasteiger partial charge in [0.05, 0.1) is 19.4 Å². The SMILES string of the molecule is CCN(C(=O)[C@H](CC(C)C)NOCc1ccccc1)C(C(=O)O)C(=O)N1CCN(c2ccccc2OC)CC1. The lowest BCUT2D eigenvalue weighted by molar-refractivity contribution is -0.161. The minimum absolute atomic E-state index is 0.0671. The van der Waals surface area contributed by atoms with Crippen LogP contribution in [0.5, 0.6) is 5.75 Å². The Morgan fingerprint density at radius 1 is 1.00 bits per heavy atom. The molecular weight excluding hydrogens is 500 g/mol. The molecule has 3 rings (SSSR count). The van der Waals surface area contributed by atoms with Crippen LogP contribution in [-0.4, -0.2) is 84.6 Å². The first-order valence-corrected chi connectivity index (χ1v) is 13.4. The van der Waals surface area contributed by atoms with E-state index in [0.717, 1.165) is 21.9 Å². The molecule has 2 N–H and O–H groups in total. The lowest BCUT2D eigenvalue weighted by atomic mass is 10.0. The Kier molecular flexibility index (Phi) is 11.1. The van der Waals surface area contributed by atoms with E-state index in [1.807, 2.05) is 68.4 Å². The van der Waals surface area contributed by atoms with Crippen molar-refractivity contribution in [2.75, 3.05) is 44.7 Å². The molecule has 0 aliphatic carbocycles. The Bertz CT molecular complexity index is 1090. The average Bonchev–Trinajstić information content (AvgIpc) is 2.94. The molecule has 10 nitrogen and oxygen atoms in total. The fourth-order valence-corrected chi connectivity index (χ4v) is 4.74. The number of carbonyl (C=O) groups is 3. The summed E-state index contributed by atoms with van der Waals surface area (Å²) in [6.07, 6.45) is 0.419. The number of carboxylic acids is 1. The molecule has 2 amide bonds. The van der Waals surface area contributed by atoms with E-state index >= 15 is 0 Å². The third-order valence-corrected chi connectivity index (χ3v) is 6.73. The topological polar surface area (TPSA) is 112 Å². The number of nitrogens with zero attached hydrogens (tertiary/aromatic N) is 3. The fraction of sp³-hybridized carbons (Fsp3) is 0.483. The molecule has 2 atom stereocenters. The molecule has 1 aliphatic rings. The number of amides is 2. The maximum atomic E-state index is 13.6. The molecule has 1 aliphatic heterocycles. The third kappa shape index (κ3) is 7.93. The van der Waals surface area contributed by atoms with Crippen molar-refractivity contribution in [2.45, 2.75) is 45.9 Å². The van der Waals surface area contributed by atoms with Gasteiger partial charge in [0.15, 0.2) is 0 Å². The Balaban J connectivity index is 1.69. The quantitative estimate of drug-likeness (QED) is 0.295. The van der Waals surface area contributed by atoms with Crippen molar-refractivity contribution in [1.29, 1.82) is 0 Å². The lowest BCUT2D eigenvalue weighted by Gasteiger charge is -2.39.